The number of carbonyl (C=O) groups is 2. The van der Waals surface area contributed by atoms with Gasteiger partial charge >= 0.3 is 237 Å². The van der Waals surface area contributed by atoms with Gasteiger partial charge in [-0.25, -0.2) is 0 Å². The third-order valence-corrected chi connectivity index (χ3v) is 14.4. The molecule has 2 aliphatic rings. The average molecular weight is 604 g/mol. The van der Waals surface area contributed by atoms with Gasteiger partial charge in [0.1, 0.15) is 0 Å². The van der Waals surface area contributed by atoms with Crippen molar-refractivity contribution in [2.75, 3.05) is 0 Å². The Labute approximate surface area is 236 Å². The van der Waals surface area contributed by atoms with Gasteiger partial charge in [-0.15, -0.1) is 0 Å². The summed E-state index contributed by atoms with van der Waals surface area (Å²) in [5, 5.41) is 0. The number of carbonyl (C=O) groups excluding carboxylic acids is 2. The molecule has 2 aromatic rings. The summed E-state index contributed by atoms with van der Waals surface area (Å²) in [4.78, 5) is 42.8. The van der Waals surface area contributed by atoms with Crippen LogP contribution in [0.4, 0.5) is 17.6 Å². The molecule has 2 aliphatic carbocycles. The molecule has 2 aromatic carbocycles. The molecule has 11 heteroatoms. The number of allylic oxidation sites excluding steroid dienone is 8. The molecule has 0 spiro atoms. The minimum atomic E-state index is -5.24. The molecule has 0 bridgehead atoms. The molecule has 6 nitrogen and oxygen atoms in total. The number of hydrogen-bond donors (Lipinski definition) is 0. The molecule has 0 unspecified atom stereocenters. The quantitative estimate of drug-likeness (QED) is 0.111. The van der Waals surface area contributed by atoms with E-state index in [4.69, 9.17) is 9.78 Å². The Bertz CT molecular complexity index is 1470. The second kappa shape index (κ2) is 12.2. The predicted molar refractivity (Wildman–Crippen MR) is 139 cm³/mol. The Hall–Kier alpha value is -4.15. The molecule has 212 valence electrons. The molecular weight excluding hydrogens is 580 g/mol. The molecule has 0 atom stereocenters. The van der Waals surface area contributed by atoms with Gasteiger partial charge in [0, 0.05) is 0 Å². The second-order valence-corrected chi connectivity index (χ2v) is 15.2. The van der Waals surface area contributed by atoms with Gasteiger partial charge in [-0.1, -0.05) is 0 Å². The summed E-state index contributed by atoms with van der Waals surface area (Å²) in [5.74, 6) is -8.10. The molecule has 0 amide bonds. The van der Waals surface area contributed by atoms with E-state index in [9.17, 15) is 9.59 Å². The number of benzene rings is 2. The summed E-state index contributed by atoms with van der Waals surface area (Å²) < 4.78 is 64.3. The second-order valence-electron chi connectivity index (χ2n) is 9.34. The number of halogens is 4. The Morgan fingerprint density at radius 1 is 0.707 bits per heavy atom. The van der Waals surface area contributed by atoms with E-state index in [0.717, 1.165) is 24.3 Å². The molecule has 0 saturated carbocycles. The SMILES string of the molecule is C=C(C)C(=O)OOc1ccc(F)[c]([Ti]([C]2=CC=CC2)([C]2=CC=CC2)[c]2c(F)ccc(OOC(=O)C(=C)C)c2F)c1F. The minimum absolute atomic E-state index is 0.0441. The molecule has 0 aromatic heterocycles. The van der Waals surface area contributed by atoms with Crippen LogP contribution < -0.4 is 17.5 Å². The van der Waals surface area contributed by atoms with E-state index in [1.807, 2.05) is 0 Å². The van der Waals surface area contributed by atoms with Crippen LogP contribution in [-0.2, 0) is 36.0 Å². The number of rotatable bonds is 10. The fourth-order valence-electron chi connectivity index (χ4n) is 4.61. The Morgan fingerprint density at radius 2 is 1.10 bits per heavy atom. The van der Waals surface area contributed by atoms with Crippen molar-refractivity contribution in [2.24, 2.45) is 0 Å². The van der Waals surface area contributed by atoms with Crippen LogP contribution in [0.15, 0.2) is 92.8 Å². The molecule has 0 aliphatic heterocycles. The van der Waals surface area contributed by atoms with Gasteiger partial charge in [-0.3, -0.25) is 0 Å². The van der Waals surface area contributed by atoms with Crippen molar-refractivity contribution in [3.8, 4) is 11.5 Å². The van der Waals surface area contributed by atoms with Gasteiger partial charge in [0.2, 0.25) is 0 Å². The Balaban J connectivity index is 2.01. The standard InChI is InChI=1S/2C10H7F2O3.2C5H5.Ti/c2*1-6(2)10(13)15-14-9-4-3-7(11)5-8(9)12;2*1-2-4-5-3-1;/h2*3-4H,1H2,2H3;2*1-3H,4H2;. The molecule has 0 N–H and O–H groups in total. The first-order valence-electron chi connectivity index (χ1n) is 12.3. The van der Waals surface area contributed by atoms with Gasteiger partial charge in [0.25, 0.3) is 0 Å². The molecule has 0 fully saturated rings. The first-order valence-corrected chi connectivity index (χ1v) is 15.4. The summed E-state index contributed by atoms with van der Waals surface area (Å²) in [6.07, 6.45) is 10.1. The van der Waals surface area contributed by atoms with Crippen molar-refractivity contribution < 1.29 is 63.3 Å². The number of hydrogen-bond acceptors (Lipinski definition) is 6. The van der Waals surface area contributed by atoms with Crippen molar-refractivity contribution in [3.05, 3.63) is 116 Å². The van der Waals surface area contributed by atoms with Crippen LogP contribution in [-0.4, -0.2) is 11.9 Å². The van der Waals surface area contributed by atoms with E-state index in [1.165, 1.54) is 13.8 Å². The maximum absolute atomic E-state index is 16.4. The van der Waals surface area contributed by atoms with Gasteiger partial charge < -0.3 is 0 Å². The van der Waals surface area contributed by atoms with Gasteiger partial charge in [-0.05, 0) is 0 Å². The normalized spacial score (nSPS) is 13.9. The van der Waals surface area contributed by atoms with E-state index in [0.29, 0.717) is 7.76 Å². The molecule has 41 heavy (non-hydrogen) atoms. The Kier molecular flexibility index (Phi) is 8.85. The first-order chi connectivity index (χ1) is 19.5. The van der Waals surface area contributed by atoms with E-state index in [-0.39, 0.29) is 24.0 Å². The van der Waals surface area contributed by atoms with Crippen LogP contribution in [0.1, 0.15) is 26.7 Å². The monoisotopic (exact) mass is 604 g/mol. The van der Waals surface area contributed by atoms with Crippen molar-refractivity contribution in [2.45, 2.75) is 26.7 Å². The van der Waals surface area contributed by atoms with E-state index in [1.54, 1.807) is 36.5 Å². The third-order valence-electron chi connectivity index (χ3n) is 6.48. The molecule has 0 heterocycles. The van der Waals surface area contributed by atoms with Crippen molar-refractivity contribution >= 4 is 19.7 Å². The van der Waals surface area contributed by atoms with Crippen LogP contribution >= 0.6 is 0 Å². The average Bonchev–Trinajstić information content (AvgIpc) is 3.66. The first kappa shape index (κ1) is 29.8. The summed E-state index contributed by atoms with van der Waals surface area (Å²) in [6.45, 7) is 9.50. The predicted octanol–water partition coefficient (Wildman–Crippen LogP) is 5.86. The topological polar surface area (TPSA) is 71.1 Å². The molecule has 4 rings (SSSR count). The van der Waals surface area contributed by atoms with Crippen LogP contribution in [0.25, 0.3) is 0 Å². The van der Waals surface area contributed by atoms with Crippen LogP contribution in [0.2, 0.25) is 0 Å². The zero-order valence-electron chi connectivity index (χ0n) is 22.1. The van der Waals surface area contributed by atoms with E-state index < -0.39 is 71.0 Å². The van der Waals surface area contributed by atoms with Crippen LogP contribution in [0, 0.1) is 23.3 Å². The Morgan fingerprint density at radius 3 is 1.41 bits per heavy atom. The van der Waals surface area contributed by atoms with Gasteiger partial charge in [-0.2, -0.15) is 0 Å². The molecular formula is C30H24F4O6Ti. The summed E-state index contributed by atoms with van der Waals surface area (Å²) in [6, 6.07) is 3.55. The van der Waals surface area contributed by atoms with E-state index >= 15 is 17.6 Å². The summed E-state index contributed by atoms with van der Waals surface area (Å²) in [5.41, 5.74) is -0.0881. The van der Waals surface area contributed by atoms with Crippen molar-refractivity contribution in [1.29, 1.82) is 0 Å². The zero-order chi connectivity index (χ0) is 29.9. The van der Waals surface area contributed by atoms with Gasteiger partial charge in [0.15, 0.2) is 0 Å². The van der Waals surface area contributed by atoms with E-state index in [2.05, 4.69) is 22.9 Å². The molecule has 0 radical (unpaired) electrons. The van der Waals surface area contributed by atoms with Crippen LogP contribution in [0.3, 0.4) is 0 Å². The van der Waals surface area contributed by atoms with Gasteiger partial charge in [0.05, 0.1) is 0 Å². The fraction of sp³-hybridized carbons (Fsp3) is 0.133. The van der Waals surface area contributed by atoms with Crippen LogP contribution in [0.5, 0.6) is 11.5 Å². The summed E-state index contributed by atoms with van der Waals surface area (Å²) in [7, 11) is 0. The van der Waals surface area contributed by atoms with Crippen molar-refractivity contribution in [1.82, 2.24) is 0 Å². The third kappa shape index (κ3) is 5.57. The van der Waals surface area contributed by atoms with Crippen molar-refractivity contribution in [3.63, 3.8) is 0 Å². The fourth-order valence-corrected chi connectivity index (χ4v) is 12.9. The molecule has 0 saturated heterocycles. The summed E-state index contributed by atoms with van der Waals surface area (Å²) >= 11 is -5.24. The maximum atomic E-state index is 16.4. The zero-order valence-corrected chi connectivity index (χ0v) is 23.6.